The van der Waals surface area contributed by atoms with Crippen LogP contribution in [-0.2, 0) is 4.79 Å². The molecule has 1 aliphatic rings. The van der Waals surface area contributed by atoms with Gasteiger partial charge in [-0.2, -0.15) is 0 Å². The SMILES string of the molecule is CC1(C)CN(C(=O)COc2ccccc2-c2ccccc2)CCC1N. The molecule has 0 radical (unpaired) electrons. The fourth-order valence-corrected chi connectivity index (χ4v) is 3.27. The van der Waals surface area contributed by atoms with E-state index in [1.54, 1.807) is 0 Å². The van der Waals surface area contributed by atoms with E-state index in [1.807, 2.05) is 59.5 Å². The first-order valence-corrected chi connectivity index (χ1v) is 8.78. The van der Waals surface area contributed by atoms with Crippen LogP contribution in [0.15, 0.2) is 54.6 Å². The van der Waals surface area contributed by atoms with Gasteiger partial charge in [0.25, 0.3) is 5.91 Å². The van der Waals surface area contributed by atoms with Gasteiger partial charge in [0, 0.05) is 24.7 Å². The molecule has 3 rings (SSSR count). The van der Waals surface area contributed by atoms with Gasteiger partial charge >= 0.3 is 0 Å². The van der Waals surface area contributed by atoms with Crippen LogP contribution in [0, 0.1) is 5.41 Å². The first kappa shape index (κ1) is 17.5. The second-order valence-electron chi connectivity index (χ2n) is 7.35. The van der Waals surface area contributed by atoms with E-state index >= 15 is 0 Å². The third-order valence-corrected chi connectivity index (χ3v) is 4.99. The number of nitrogens with two attached hydrogens (primary N) is 1. The lowest BCUT2D eigenvalue weighted by atomic mass is 9.80. The van der Waals surface area contributed by atoms with E-state index in [0.717, 1.165) is 23.3 Å². The summed E-state index contributed by atoms with van der Waals surface area (Å²) in [6.07, 6.45) is 0.833. The normalized spacial score (nSPS) is 19.5. The van der Waals surface area contributed by atoms with E-state index in [2.05, 4.69) is 13.8 Å². The highest BCUT2D eigenvalue weighted by atomic mass is 16.5. The smallest absolute Gasteiger partial charge is 0.260 e. The molecule has 2 N–H and O–H groups in total. The molecule has 1 unspecified atom stereocenters. The molecule has 1 saturated heterocycles. The number of amides is 1. The van der Waals surface area contributed by atoms with Crippen LogP contribution in [-0.4, -0.2) is 36.5 Å². The summed E-state index contributed by atoms with van der Waals surface area (Å²) < 4.78 is 5.88. The zero-order valence-corrected chi connectivity index (χ0v) is 14.9. The van der Waals surface area contributed by atoms with Crippen LogP contribution in [0.5, 0.6) is 5.75 Å². The number of hydrogen-bond acceptors (Lipinski definition) is 3. The Kier molecular flexibility index (Phi) is 5.09. The van der Waals surface area contributed by atoms with Gasteiger partial charge in [0.05, 0.1) is 0 Å². The summed E-state index contributed by atoms with van der Waals surface area (Å²) in [7, 11) is 0. The van der Waals surface area contributed by atoms with E-state index in [0.29, 0.717) is 13.1 Å². The maximum atomic E-state index is 12.6. The fourth-order valence-electron chi connectivity index (χ4n) is 3.27. The van der Waals surface area contributed by atoms with Gasteiger partial charge in [0.2, 0.25) is 0 Å². The largest absolute Gasteiger partial charge is 0.483 e. The molecule has 0 saturated carbocycles. The molecule has 1 heterocycles. The van der Waals surface area contributed by atoms with Crippen molar-refractivity contribution in [1.29, 1.82) is 0 Å². The van der Waals surface area contributed by atoms with Crippen LogP contribution >= 0.6 is 0 Å². The van der Waals surface area contributed by atoms with Gasteiger partial charge in [0.15, 0.2) is 6.61 Å². The predicted molar refractivity (Wildman–Crippen MR) is 100 cm³/mol. The van der Waals surface area contributed by atoms with E-state index in [1.165, 1.54) is 0 Å². The van der Waals surface area contributed by atoms with Gasteiger partial charge in [-0.15, -0.1) is 0 Å². The van der Waals surface area contributed by atoms with Crippen LogP contribution in [0.4, 0.5) is 0 Å². The molecule has 0 aliphatic carbocycles. The van der Waals surface area contributed by atoms with Crippen molar-refractivity contribution in [2.24, 2.45) is 11.1 Å². The molecule has 0 aromatic heterocycles. The van der Waals surface area contributed by atoms with Crippen molar-refractivity contribution >= 4 is 5.91 Å². The third-order valence-electron chi connectivity index (χ3n) is 4.99. The number of ether oxygens (including phenoxy) is 1. The van der Waals surface area contributed by atoms with E-state index in [9.17, 15) is 4.79 Å². The average Bonchev–Trinajstić information content (AvgIpc) is 2.63. The number of rotatable bonds is 4. The average molecular weight is 338 g/mol. The molecular weight excluding hydrogens is 312 g/mol. The van der Waals surface area contributed by atoms with Crippen molar-refractivity contribution in [2.75, 3.05) is 19.7 Å². The van der Waals surface area contributed by atoms with Crippen molar-refractivity contribution in [2.45, 2.75) is 26.3 Å². The van der Waals surface area contributed by atoms with Gasteiger partial charge in [-0.25, -0.2) is 0 Å². The Morgan fingerprint density at radius 3 is 2.56 bits per heavy atom. The molecule has 2 aromatic carbocycles. The maximum absolute atomic E-state index is 12.6. The second-order valence-corrected chi connectivity index (χ2v) is 7.35. The first-order valence-electron chi connectivity index (χ1n) is 8.78. The molecule has 0 bridgehead atoms. The first-order chi connectivity index (χ1) is 12.0. The molecule has 1 aliphatic heterocycles. The molecule has 132 valence electrons. The molecule has 2 aromatic rings. The van der Waals surface area contributed by atoms with Crippen LogP contribution in [0.2, 0.25) is 0 Å². The summed E-state index contributed by atoms with van der Waals surface area (Å²) >= 11 is 0. The Bertz CT molecular complexity index is 728. The van der Waals surface area contributed by atoms with Crippen molar-refractivity contribution < 1.29 is 9.53 Å². The maximum Gasteiger partial charge on any atom is 0.260 e. The number of benzene rings is 2. The minimum atomic E-state index is -0.0597. The summed E-state index contributed by atoms with van der Waals surface area (Å²) in [5.74, 6) is 0.748. The van der Waals surface area contributed by atoms with Gasteiger partial charge < -0.3 is 15.4 Å². The minimum Gasteiger partial charge on any atom is -0.483 e. The quantitative estimate of drug-likeness (QED) is 0.930. The molecule has 1 atom stereocenters. The lowest BCUT2D eigenvalue weighted by Gasteiger charge is -2.42. The molecule has 1 amide bonds. The standard InChI is InChI=1S/C21H26N2O2/c1-21(2)15-23(13-12-19(21)22)20(24)14-25-18-11-7-6-10-17(18)16-8-4-3-5-9-16/h3-11,19H,12-15,22H2,1-2H3. The van der Waals surface area contributed by atoms with Gasteiger partial charge in [-0.3, -0.25) is 4.79 Å². The molecule has 25 heavy (non-hydrogen) atoms. The van der Waals surface area contributed by atoms with E-state index < -0.39 is 0 Å². The summed E-state index contributed by atoms with van der Waals surface area (Å²) in [6.45, 7) is 5.66. The number of likely N-dealkylation sites (tertiary alicyclic amines) is 1. The lowest BCUT2D eigenvalue weighted by Crippen LogP contribution is -2.54. The number of carbonyl (C=O) groups excluding carboxylic acids is 1. The topological polar surface area (TPSA) is 55.6 Å². The van der Waals surface area contributed by atoms with Crippen molar-refractivity contribution in [3.8, 4) is 16.9 Å². The Hall–Kier alpha value is -2.33. The molecule has 1 fully saturated rings. The van der Waals surface area contributed by atoms with Crippen LogP contribution in [0.3, 0.4) is 0 Å². The lowest BCUT2D eigenvalue weighted by molar-refractivity contribution is -0.136. The van der Waals surface area contributed by atoms with Gasteiger partial charge in [-0.1, -0.05) is 62.4 Å². The second kappa shape index (κ2) is 7.28. The predicted octanol–water partition coefficient (Wildman–Crippen LogP) is 3.32. The van der Waals surface area contributed by atoms with Crippen LogP contribution in [0.1, 0.15) is 20.3 Å². The van der Waals surface area contributed by atoms with Crippen LogP contribution < -0.4 is 10.5 Å². The summed E-state index contributed by atoms with van der Waals surface area (Å²) in [5.41, 5.74) is 8.17. The van der Waals surface area contributed by atoms with E-state index in [-0.39, 0.29) is 24.0 Å². The Labute approximate surface area is 149 Å². The molecular formula is C21H26N2O2. The summed E-state index contributed by atoms with van der Waals surface area (Å²) in [4.78, 5) is 14.4. The number of hydrogen-bond donors (Lipinski definition) is 1. The fraction of sp³-hybridized carbons (Fsp3) is 0.381. The number of nitrogens with zero attached hydrogens (tertiary/aromatic N) is 1. The number of carbonyl (C=O) groups is 1. The molecule has 4 nitrogen and oxygen atoms in total. The zero-order chi connectivity index (χ0) is 17.9. The highest BCUT2D eigenvalue weighted by Gasteiger charge is 2.35. The zero-order valence-electron chi connectivity index (χ0n) is 14.9. The number of para-hydroxylation sites is 1. The minimum absolute atomic E-state index is 0.0165. The highest BCUT2D eigenvalue weighted by Crippen LogP contribution is 2.30. The molecule has 4 heteroatoms. The monoisotopic (exact) mass is 338 g/mol. The summed E-state index contributed by atoms with van der Waals surface area (Å²) in [6, 6.07) is 18.0. The highest BCUT2D eigenvalue weighted by molar-refractivity contribution is 5.78. The third kappa shape index (κ3) is 4.02. The van der Waals surface area contributed by atoms with Crippen LogP contribution in [0.25, 0.3) is 11.1 Å². The summed E-state index contributed by atoms with van der Waals surface area (Å²) in [5, 5.41) is 0. The van der Waals surface area contributed by atoms with Crippen molar-refractivity contribution in [3.05, 3.63) is 54.6 Å². The van der Waals surface area contributed by atoms with Crippen molar-refractivity contribution in [1.82, 2.24) is 4.90 Å². The Morgan fingerprint density at radius 2 is 1.84 bits per heavy atom. The Morgan fingerprint density at radius 1 is 1.16 bits per heavy atom. The Balaban J connectivity index is 1.67. The van der Waals surface area contributed by atoms with Gasteiger partial charge in [0.1, 0.15) is 5.75 Å². The van der Waals surface area contributed by atoms with Crippen molar-refractivity contribution in [3.63, 3.8) is 0 Å². The van der Waals surface area contributed by atoms with Gasteiger partial charge in [-0.05, 0) is 23.5 Å². The molecule has 0 spiro atoms. The van der Waals surface area contributed by atoms with E-state index in [4.69, 9.17) is 10.5 Å². The number of piperidine rings is 1.